The number of imidazole rings is 1. The molecule has 0 amide bonds. The van der Waals surface area contributed by atoms with E-state index in [1.165, 1.54) is 12.3 Å². The zero-order valence-electron chi connectivity index (χ0n) is 11.2. The number of halogens is 2. The largest absolute Gasteiger partial charge is 0.381 e. The van der Waals surface area contributed by atoms with Crippen molar-refractivity contribution in [3.05, 3.63) is 46.8 Å². The van der Waals surface area contributed by atoms with Gasteiger partial charge in [0, 0.05) is 5.56 Å². The molecule has 7 heteroatoms. The summed E-state index contributed by atoms with van der Waals surface area (Å²) in [7, 11) is 1.91. The Hall–Kier alpha value is -1.82. The average Bonchev–Trinajstić information content (AvgIpc) is 2.74. The van der Waals surface area contributed by atoms with Crippen molar-refractivity contribution in [3.63, 3.8) is 0 Å². The van der Waals surface area contributed by atoms with E-state index in [4.69, 9.17) is 17.3 Å². The van der Waals surface area contributed by atoms with E-state index in [1.807, 2.05) is 14.8 Å². The van der Waals surface area contributed by atoms with Gasteiger partial charge in [0.2, 0.25) is 0 Å². The third kappa shape index (κ3) is 1.91. The van der Waals surface area contributed by atoms with Gasteiger partial charge in [-0.2, -0.15) is 0 Å². The van der Waals surface area contributed by atoms with Gasteiger partial charge in [0.05, 0.1) is 12.7 Å². The van der Waals surface area contributed by atoms with E-state index in [2.05, 4.69) is 9.98 Å². The number of hydrogen-bond donors (Lipinski definition) is 1. The Balaban J connectivity index is 2.17. The van der Waals surface area contributed by atoms with Gasteiger partial charge in [-0.15, -0.1) is 0 Å². The smallest absolute Gasteiger partial charge is 0.176 e. The van der Waals surface area contributed by atoms with E-state index in [9.17, 15) is 4.39 Å². The van der Waals surface area contributed by atoms with Crippen LogP contribution in [0.1, 0.15) is 18.3 Å². The van der Waals surface area contributed by atoms with Crippen LogP contribution >= 0.6 is 11.6 Å². The maximum absolute atomic E-state index is 14.2. The van der Waals surface area contributed by atoms with Gasteiger partial charge >= 0.3 is 0 Å². The van der Waals surface area contributed by atoms with Crippen molar-refractivity contribution < 1.29 is 4.39 Å². The Labute approximate surface area is 121 Å². The van der Waals surface area contributed by atoms with Gasteiger partial charge < -0.3 is 10.3 Å². The number of benzene rings is 1. The zero-order valence-corrected chi connectivity index (χ0v) is 11.9. The van der Waals surface area contributed by atoms with Gasteiger partial charge in [-0.3, -0.25) is 4.99 Å². The Bertz CT molecular complexity index is 727. The second-order valence-corrected chi connectivity index (χ2v) is 5.63. The molecule has 20 heavy (non-hydrogen) atoms. The summed E-state index contributed by atoms with van der Waals surface area (Å²) in [6, 6.07) is 4.97. The molecule has 0 saturated carbocycles. The third-order valence-electron chi connectivity index (χ3n) is 3.57. The number of rotatable bonds is 1. The number of nitrogens with zero attached hydrogens (tertiary/aromatic N) is 3. The molecule has 2 heterocycles. The predicted molar refractivity (Wildman–Crippen MR) is 79.9 cm³/mol. The highest BCUT2D eigenvalue weighted by Crippen LogP contribution is 2.34. The second-order valence-electron chi connectivity index (χ2n) is 5.24. The van der Waals surface area contributed by atoms with Crippen molar-refractivity contribution in [2.75, 3.05) is 0 Å². The second kappa shape index (κ2) is 4.35. The number of aromatic nitrogens is 2. The Kier molecular flexibility index (Phi) is 2.86. The minimum atomic E-state index is -0.794. The Morgan fingerprint density at radius 3 is 3.00 bits per heavy atom. The lowest BCUT2D eigenvalue weighted by Crippen LogP contribution is -2.38. The highest BCUT2D eigenvalue weighted by Gasteiger charge is 2.35. The quantitative estimate of drug-likeness (QED) is 0.781. The van der Waals surface area contributed by atoms with E-state index in [1.54, 1.807) is 16.7 Å². The molecule has 1 aromatic carbocycles. The lowest BCUT2D eigenvalue weighted by molar-refractivity contribution is 0.384. The summed E-state index contributed by atoms with van der Waals surface area (Å²) in [4.78, 5) is 8.57. The summed E-state index contributed by atoms with van der Waals surface area (Å²) >= 11 is 6.11. The van der Waals surface area contributed by atoms with Crippen molar-refractivity contribution in [3.8, 4) is 0 Å². The van der Waals surface area contributed by atoms with Gasteiger partial charge in [-0.1, -0.05) is 29.2 Å². The molecule has 0 aliphatic carbocycles. The fourth-order valence-corrected chi connectivity index (χ4v) is 2.75. The normalized spacial score (nSPS) is 21.4. The van der Waals surface area contributed by atoms with Crippen LogP contribution in [-0.2, 0) is 12.1 Å². The fraction of sp³-hybridized carbons (Fsp3) is 0.231. The summed E-state index contributed by atoms with van der Waals surface area (Å²) < 4.78 is 15.9. The summed E-state index contributed by atoms with van der Waals surface area (Å²) in [5.74, 6) is 0.501. The van der Waals surface area contributed by atoms with Crippen molar-refractivity contribution in [2.24, 2.45) is 10.7 Å². The van der Waals surface area contributed by atoms with Crippen LogP contribution in [0.5, 0.6) is 0 Å². The maximum atomic E-state index is 14.2. The predicted octanol–water partition coefficient (Wildman–Crippen LogP) is 0.568. The Morgan fingerprint density at radius 1 is 1.50 bits per heavy atom. The van der Waals surface area contributed by atoms with Crippen LogP contribution in [-0.4, -0.2) is 23.2 Å². The number of amidine groups is 1. The minimum absolute atomic E-state index is 0.270. The highest BCUT2D eigenvalue weighted by molar-refractivity contribution is 6.32. The monoisotopic (exact) mass is 290 g/mol. The molecule has 0 radical (unpaired) electrons. The van der Waals surface area contributed by atoms with Crippen LogP contribution in [0.2, 0.25) is 5.15 Å². The molecule has 102 valence electrons. The SMILES string of the molecule is Bc1ccc(F)c(C2(C)Cn3c(Cl)cnc3C(N)=N2)c1. The maximum Gasteiger partial charge on any atom is 0.176 e. The van der Waals surface area contributed by atoms with E-state index >= 15 is 0 Å². The molecular formula is C13H13BClFN4. The molecule has 4 nitrogen and oxygen atoms in total. The minimum Gasteiger partial charge on any atom is -0.381 e. The fourth-order valence-electron chi connectivity index (χ4n) is 2.57. The number of nitrogens with two attached hydrogens (primary N) is 1. The first-order valence-corrected chi connectivity index (χ1v) is 6.62. The molecule has 2 aromatic rings. The van der Waals surface area contributed by atoms with Gasteiger partial charge in [0.1, 0.15) is 24.4 Å². The molecule has 1 aromatic heterocycles. The van der Waals surface area contributed by atoms with Crippen LogP contribution in [0.15, 0.2) is 29.4 Å². The van der Waals surface area contributed by atoms with E-state index < -0.39 is 5.54 Å². The summed E-state index contributed by atoms with van der Waals surface area (Å²) in [5.41, 5.74) is 6.63. The Morgan fingerprint density at radius 2 is 2.25 bits per heavy atom. The lowest BCUT2D eigenvalue weighted by atomic mass is 9.85. The van der Waals surface area contributed by atoms with Gasteiger partial charge in [-0.25, -0.2) is 9.37 Å². The molecule has 2 N–H and O–H groups in total. The average molecular weight is 291 g/mol. The van der Waals surface area contributed by atoms with Crippen LogP contribution in [0.25, 0.3) is 0 Å². The van der Waals surface area contributed by atoms with Crippen LogP contribution in [0, 0.1) is 5.82 Å². The summed E-state index contributed by atoms with van der Waals surface area (Å²) in [6.07, 6.45) is 1.53. The topological polar surface area (TPSA) is 56.2 Å². The molecule has 3 rings (SSSR count). The highest BCUT2D eigenvalue weighted by atomic mass is 35.5. The van der Waals surface area contributed by atoms with Crippen molar-refractivity contribution in [2.45, 2.75) is 19.0 Å². The van der Waals surface area contributed by atoms with E-state index in [-0.39, 0.29) is 11.7 Å². The molecule has 1 aliphatic heterocycles. The molecule has 1 unspecified atom stereocenters. The van der Waals surface area contributed by atoms with Crippen LogP contribution < -0.4 is 11.2 Å². The number of aliphatic imine (C=N–C) groups is 1. The van der Waals surface area contributed by atoms with Crippen molar-refractivity contribution in [1.29, 1.82) is 0 Å². The van der Waals surface area contributed by atoms with Gasteiger partial charge in [-0.05, 0) is 13.0 Å². The molecular weight excluding hydrogens is 277 g/mol. The number of hydrogen-bond acceptors (Lipinski definition) is 3. The van der Waals surface area contributed by atoms with Crippen LogP contribution in [0.4, 0.5) is 4.39 Å². The molecule has 0 saturated heterocycles. The van der Waals surface area contributed by atoms with Crippen LogP contribution in [0.3, 0.4) is 0 Å². The molecule has 0 bridgehead atoms. The van der Waals surface area contributed by atoms with E-state index in [0.29, 0.717) is 23.1 Å². The lowest BCUT2D eigenvalue weighted by Gasteiger charge is -2.32. The standard InChI is InChI=1S/C13H13BClFN4/c1-13(8-4-7(14)2-3-9(8)16)6-20-10(15)5-18-12(20)11(17)19-13/h2-5H,6,14H2,1H3,(H2,17,19). The first kappa shape index (κ1) is 13.2. The van der Waals surface area contributed by atoms with Crippen molar-refractivity contribution in [1.82, 2.24) is 9.55 Å². The summed E-state index contributed by atoms with van der Waals surface area (Å²) in [5, 5.41) is 0.470. The zero-order chi connectivity index (χ0) is 14.5. The molecule has 1 aliphatic rings. The first-order valence-electron chi connectivity index (χ1n) is 6.24. The molecule has 1 atom stereocenters. The van der Waals surface area contributed by atoms with Gasteiger partial charge in [0.25, 0.3) is 0 Å². The van der Waals surface area contributed by atoms with Gasteiger partial charge in [0.15, 0.2) is 11.7 Å². The summed E-state index contributed by atoms with van der Waals surface area (Å²) in [6.45, 7) is 2.25. The third-order valence-corrected chi connectivity index (χ3v) is 3.87. The first-order chi connectivity index (χ1) is 9.40. The van der Waals surface area contributed by atoms with Crippen molar-refractivity contribution >= 4 is 30.7 Å². The molecule has 0 fully saturated rings. The number of fused-ring (bicyclic) bond motifs is 1. The molecule has 0 spiro atoms. The van der Waals surface area contributed by atoms with E-state index in [0.717, 1.165) is 5.46 Å².